The molecule has 0 radical (unpaired) electrons. The number of benzene rings is 1. The molecule has 0 bridgehead atoms. The van der Waals surface area contributed by atoms with Crippen LogP contribution in [0.4, 0.5) is 0 Å². The third-order valence-corrected chi connectivity index (χ3v) is 6.17. The van der Waals surface area contributed by atoms with Crippen molar-refractivity contribution >= 4 is 5.78 Å². The second kappa shape index (κ2) is 4.90. The van der Waals surface area contributed by atoms with Crippen LogP contribution >= 0.6 is 0 Å². The number of hydrogen-bond donors (Lipinski definition) is 2. The molecule has 0 aliphatic heterocycles. The Balaban J connectivity index is 2.17. The SMILES string of the molecule is CC(C)(O)c1ccc2c(c1)C(=O)C[C@@H]1C(C)(C)C[C@H](O)C[C@]21C. The molecule has 0 amide bonds. The van der Waals surface area contributed by atoms with Crippen LogP contribution in [0.1, 0.15) is 75.4 Å². The van der Waals surface area contributed by atoms with Crippen LogP contribution in [0, 0.1) is 11.3 Å². The minimum Gasteiger partial charge on any atom is -0.393 e. The van der Waals surface area contributed by atoms with Crippen LogP contribution in [-0.2, 0) is 11.0 Å². The van der Waals surface area contributed by atoms with Crippen LogP contribution in [0.2, 0.25) is 0 Å². The first-order valence-electron chi connectivity index (χ1n) is 8.54. The van der Waals surface area contributed by atoms with E-state index in [9.17, 15) is 15.0 Å². The summed E-state index contributed by atoms with van der Waals surface area (Å²) in [5.41, 5.74) is 1.32. The van der Waals surface area contributed by atoms with Gasteiger partial charge >= 0.3 is 0 Å². The summed E-state index contributed by atoms with van der Waals surface area (Å²) >= 11 is 0. The lowest BCUT2D eigenvalue weighted by atomic mass is 9.49. The van der Waals surface area contributed by atoms with Crippen molar-refractivity contribution < 1.29 is 15.0 Å². The number of hydrogen-bond acceptors (Lipinski definition) is 3. The molecule has 0 saturated heterocycles. The lowest BCUT2D eigenvalue weighted by molar-refractivity contribution is -0.0347. The maximum absolute atomic E-state index is 12.8. The summed E-state index contributed by atoms with van der Waals surface area (Å²) in [6.45, 7) is 10.0. The monoisotopic (exact) mass is 316 g/mol. The van der Waals surface area contributed by atoms with E-state index in [2.05, 4.69) is 20.8 Å². The van der Waals surface area contributed by atoms with E-state index in [0.29, 0.717) is 12.8 Å². The van der Waals surface area contributed by atoms with E-state index >= 15 is 0 Å². The highest BCUT2D eigenvalue weighted by Gasteiger charge is 2.54. The maximum atomic E-state index is 12.8. The number of carbonyl (C=O) groups excluding carboxylic acids is 1. The van der Waals surface area contributed by atoms with Gasteiger partial charge in [-0.3, -0.25) is 4.79 Å². The molecule has 3 heteroatoms. The second-order valence-electron chi connectivity index (χ2n) is 8.97. The fourth-order valence-electron chi connectivity index (χ4n) is 5.06. The highest BCUT2D eigenvalue weighted by molar-refractivity contribution is 5.99. The lowest BCUT2D eigenvalue weighted by Crippen LogP contribution is -2.53. The van der Waals surface area contributed by atoms with Crippen LogP contribution in [-0.4, -0.2) is 22.1 Å². The Hall–Kier alpha value is -1.19. The zero-order chi connectivity index (χ0) is 17.2. The number of carbonyl (C=O) groups is 1. The topological polar surface area (TPSA) is 57.5 Å². The Labute approximate surface area is 138 Å². The standard InChI is InChI=1S/C20H28O3/c1-18(2)10-13(21)11-20(5)15-7-6-12(19(3,4)23)8-14(15)16(22)9-17(18)20/h6-8,13,17,21,23H,9-11H2,1-5H3/t13-,17+,20+/m0/s1. The van der Waals surface area contributed by atoms with Crippen molar-refractivity contribution in [2.75, 3.05) is 0 Å². The zero-order valence-electron chi connectivity index (χ0n) is 14.8. The third kappa shape index (κ3) is 2.54. The molecule has 23 heavy (non-hydrogen) atoms. The minimum atomic E-state index is -0.960. The molecule has 1 saturated carbocycles. The summed E-state index contributed by atoms with van der Waals surface area (Å²) in [5.74, 6) is 0.407. The quantitative estimate of drug-likeness (QED) is 0.833. The van der Waals surface area contributed by atoms with Gasteiger partial charge in [-0.2, -0.15) is 0 Å². The smallest absolute Gasteiger partial charge is 0.163 e. The molecule has 1 aromatic rings. The summed E-state index contributed by atoms with van der Waals surface area (Å²) in [7, 11) is 0. The molecular formula is C20H28O3. The maximum Gasteiger partial charge on any atom is 0.163 e. The highest BCUT2D eigenvalue weighted by atomic mass is 16.3. The molecule has 3 rings (SSSR count). The first kappa shape index (κ1) is 16.7. The summed E-state index contributed by atoms with van der Waals surface area (Å²) in [6.07, 6.45) is 1.64. The average molecular weight is 316 g/mol. The van der Waals surface area contributed by atoms with Gasteiger partial charge in [-0.15, -0.1) is 0 Å². The van der Waals surface area contributed by atoms with Gasteiger partial charge in [0.05, 0.1) is 11.7 Å². The van der Waals surface area contributed by atoms with E-state index in [0.717, 1.165) is 23.1 Å². The highest BCUT2D eigenvalue weighted by Crippen LogP contribution is 2.57. The van der Waals surface area contributed by atoms with Crippen molar-refractivity contribution in [3.05, 3.63) is 34.9 Å². The van der Waals surface area contributed by atoms with Crippen molar-refractivity contribution in [1.82, 2.24) is 0 Å². The average Bonchev–Trinajstić information content (AvgIpc) is 2.39. The zero-order valence-corrected chi connectivity index (χ0v) is 14.8. The summed E-state index contributed by atoms with van der Waals surface area (Å²) < 4.78 is 0. The number of Topliss-reactive ketones (excluding diaryl/α,β-unsaturated/α-hetero) is 1. The normalized spacial score (nSPS) is 33.1. The fourth-order valence-corrected chi connectivity index (χ4v) is 5.06. The van der Waals surface area contributed by atoms with Crippen molar-refractivity contribution in [3.8, 4) is 0 Å². The van der Waals surface area contributed by atoms with E-state index in [1.807, 2.05) is 18.2 Å². The molecule has 3 nitrogen and oxygen atoms in total. The van der Waals surface area contributed by atoms with Crippen molar-refractivity contribution in [2.45, 2.75) is 71.0 Å². The van der Waals surface area contributed by atoms with Crippen LogP contribution in [0.25, 0.3) is 0 Å². The predicted octanol–water partition coefficient (Wildman–Crippen LogP) is 3.56. The minimum absolute atomic E-state index is 0.0608. The molecule has 1 aromatic carbocycles. The molecule has 0 heterocycles. The second-order valence-corrected chi connectivity index (χ2v) is 8.97. The number of ketones is 1. The largest absolute Gasteiger partial charge is 0.393 e. The van der Waals surface area contributed by atoms with Gasteiger partial charge < -0.3 is 10.2 Å². The Morgan fingerprint density at radius 1 is 1.17 bits per heavy atom. The van der Waals surface area contributed by atoms with E-state index in [1.54, 1.807) is 13.8 Å². The molecule has 2 N–H and O–H groups in total. The fraction of sp³-hybridized carbons (Fsp3) is 0.650. The van der Waals surface area contributed by atoms with E-state index in [1.165, 1.54) is 0 Å². The molecule has 2 aliphatic rings. The van der Waals surface area contributed by atoms with Crippen LogP contribution in [0.5, 0.6) is 0 Å². The van der Waals surface area contributed by atoms with Gasteiger partial charge in [0.15, 0.2) is 5.78 Å². The van der Waals surface area contributed by atoms with Gasteiger partial charge in [-0.05, 0) is 60.6 Å². The molecule has 0 unspecified atom stereocenters. The van der Waals surface area contributed by atoms with Gasteiger partial charge in [0.25, 0.3) is 0 Å². The van der Waals surface area contributed by atoms with E-state index < -0.39 is 5.60 Å². The molecule has 126 valence electrons. The van der Waals surface area contributed by atoms with Crippen molar-refractivity contribution in [1.29, 1.82) is 0 Å². The first-order valence-corrected chi connectivity index (χ1v) is 8.54. The van der Waals surface area contributed by atoms with Crippen LogP contribution in [0.15, 0.2) is 18.2 Å². The molecule has 0 aromatic heterocycles. The first-order chi connectivity index (χ1) is 10.4. The Bertz CT molecular complexity index is 653. The summed E-state index contributed by atoms with van der Waals surface area (Å²) in [5, 5.41) is 20.6. The van der Waals surface area contributed by atoms with E-state index in [4.69, 9.17) is 0 Å². The Morgan fingerprint density at radius 2 is 1.83 bits per heavy atom. The van der Waals surface area contributed by atoms with Crippen molar-refractivity contribution in [3.63, 3.8) is 0 Å². The number of aliphatic hydroxyl groups is 2. The predicted molar refractivity (Wildman–Crippen MR) is 90.5 cm³/mol. The Morgan fingerprint density at radius 3 is 2.43 bits per heavy atom. The van der Waals surface area contributed by atoms with Crippen LogP contribution in [0.3, 0.4) is 0 Å². The number of rotatable bonds is 1. The molecule has 2 aliphatic carbocycles. The third-order valence-electron chi connectivity index (χ3n) is 6.17. The van der Waals surface area contributed by atoms with E-state index in [-0.39, 0.29) is 28.6 Å². The van der Waals surface area contributed by atoms with Gasteiger partial charge in [-0.25, -0.2) is 0 Å². The molecule has 1 fully saturated rings. The molecular weight excluding hydrogens is 288 g/mol. The van der Waals surface area contributed by atoms with Crippen molar-refractivity contribution in [2.24, 2.45) is 11.3 Å². The molecule has 3 atom stereocenters. The summed E-state index contributed by atoms with van der Waals surface area (Å²) in [6, 6.07) is 5.78. The number of fused-ring (bicyclic) bond motifs is 3. The van der Waals surface area contributed by atoms with Gasteiger partial charge in [0, 0.05) is 12.0 Å². The number of aliphatic hydroxyl groups excluding tert-OH is 1. The molecule has 0 spiro atoms. The Kier molecular flexibility index (Phi) is 3.55. The van der Waals surface area contributed by atoms with Gasteiger partial charge in [0.1, 0.15) is 0 Å². The van der Waals surface area contributed by atoms with Gasteiger partial charge in [0.2, 0.25) is 0 Å². The van der Waals surface area contributed by atoms with Crippen LogP contribution < -0.4 is 0 Å². The summed E-state index contributed by atoms with van der Waals surface area (Å²) in [4.78, 5) is 12.8. The lowest BCUT2D eigenvalue weighted by Gasteiger charge is -2.55. The van der Waals surface area contributed by atoms with Gasteiger partial charge in [-0.1, -0.05) is 32.9 Å².